The van der Waals surface area contributed by atoms with Crippen molar-refractivity contribution in [3.05, 3.63) is 23.5 Å². The fourth-order valence-corrected chi connectivity index (χ4v) is 1.97. The fourth-order valence-electron chi connectivity index (χ4n) is 1.97. The van der Waals surface area contributed by atoms with Gasteiger partial charge in [0.1, 0.15) is 0 Å². The third-order valence-electron chi connectivity index (χ3n) is 2.77. The van der Waals surface area contributed by atoms with Crippen molar-refractivity contribution in [3.8, 4) is 0 Å². The minimum atomic E-state index is -0.925. The number of carbonyl (C=O) groups is 2. The molecule has 19 heavy (non-hydrogen) atoms. The normalized spacial score (nSPS) is 10.7. The van der Waals surface area contributed by atoms with Crippen LogP contribution in [-0.2, 0) is 22.5 Å². The van der Waals surface area contributed by atoms with Crippen molar-refractivity contribution in [2.75, 3.05) is 6.61 Å². The molecule has 5 heteroatoms. The number of carboxylic acid groups (broad SMARTS) is 1. The molecule has 0 radical (unpaired) electrons. The van der Waals surface area contributed by atoms with E-state index in [0.29, 0.717) is 31.1 Å². The molecular weight excluding hydrogens is 246 g/mol. The highest BCUT2D eigenvalue weighted by Crippen LogP contribution is 2.16. The van der Waals surface area contributed by atoms with Crippen LogP contribution in [-0.4, -0.2) is 28.2 Å². The van der Waals surface area contributed by atoms with Gasteiger partial charge in [0.05, 0.1) is 18.6 Å². The van der Waals surface area contributed by atoms with Crippen molar-refractivity contribution >= 4 is 11.9 Å². The summed E-state index contributed by atoms with van der Waals surface area (Å²) in [5.74, 6) is -0.830. The molecule has 1 N–H and O–H groups in total. The molecule has 0 spiro atoms. The minimum Gasteiger partial charge on any atom is -0.478 e. The number of esters is 1. The van der Waals surface area contributed by atoms with Gasteiger partial charge in [-0.2, -0.15) is 0 Å². The van der Waals surface area contributed by atoms with Crippen molar-refractivity contribution < 1.29 is 19.4 Å². The lowest BCUT2D eigenvalue weighted by atomic mass is 10.0. The Bertz CT molecular complexity index is 448. The second-order valence-electron chi connectivity index (χ2n) is 4.83. The molecule has 0 aliphatic rings. The van der Waals surface area contributed by atoms with Crippen LogP contribution in [0.2, 0.25) is 0 Å². The van der Waals surface area contributed by atoms with Crippen molar-refractivity contribution in [3.63, 3.8) is 0 Å². The van der Waals surface area contributed by atoms with E-state index in [1.165, 1.54) is 0 Å². The standard InChI is InChI=1S/C14H21NO4/c1-4-19-13(16)6-8-15-7-5-11(14(17)18)12(15)9-10(2)3/h5,7,10H,4,6,8-9H2,1-3H3,(H,17,18). The van der Waals surface area contributed by atoms with Crippen molar-refractivity contribution in [1.29, 1.82) is 0 Å². The summed E-state index contributed by atoms with van der Waals surface area (Å²) in [4.78, 5) is 22.5. The van der Waals surface area contributed by atoms with E-state index in [-0.39, 0.29) is 12.4 Å². The Hall–Kier alpha value is -1.78. The molecule has 106 valence electrons. The Kier molecular flexibility index (Phi) is 5.60. The van der Waals surface area contributed by atoms with Crippen LogP contribution in [0.3, 0.4) is 0 Å². The predicted octanol–water partition coefficient (Wildman–Crippen LogP) is 2.34. The molecular formula is C14H21NO4. The highest BCUT2D eigenvalue weighted by atomic mass is 16.5. The number of hydrogen-bond acceptors (Lipinski definition) is 3. The number of nitrogens with zero attached hydrogens (tertiary/aromatic N) is 1. The zero-order valence-electron chi connectivity index (χ0n) is 11.7. The number of aromatic nitrogens is 1. The number of ether oxygens (including phenoxy) is 1. The van der Waals surface area contributed by atoms with Crippen LogP contribution in [0.5, 0.6) is 0 Å². The molecule has 0 aliphatic heterocycles. The lowest BCUT2D eigenvalue weighted by Gasteiger charge is -2.12. The molecule has 0 saturated carbocycles. The first kappa shape index (κ1) is 15.3. The smallest absolute Gasteiger partial charge is 0.337 e. The number of carbonyl (C=O) groups excluding carboxylic acids is 1. The molecule has 0 saturated heterocycles. The van der Waals surface area contributed by atoms with Crippen LogP contribution in [0.25, 0.3) is 0 Å². The van der Waals surface area contributed by atoms with Gasteiger partial charge in [0.2, 0.25) is 0 Å². The predicted molar refractivity (Wildman–Crippen MR) is 71.2 cm³/mol. The fraction of sp³-hybridized carbons (Fsp3) is 0.571. The molecule has 0 amide bonds. The van der Waals surface area contributed by atoms with Gasteiger partial charge in [0.25, 0.3) is 0 Å². The van der Waals surface area contributed by atoms with Gasteiger partial charge in [-0.25, -0.2) is 4.79 Å². The molecule has 1 aromatic heterocycles. The summed E-state index contributed by atoms with van der Waals surface area (Å²) in [5.41, 5.74) is 1.09. The van der Waals surface area contributed by atoms with Crippen LogP contribution in [0.4, 0.5) is 0 Å². The Morgan fingerprint density at radius 3 is 2.63 bits per heavy atom. The van der Waals surface area contributed by atoms with Gasteiger partial charge in [0, 0.05) is 18.4 Å². The molecule has 1 aromatic rings. The largest absolute Gasteiger partial charge is 0.478 e. The van der Waals surface area contributed by atoms with Gasteiger partial charge in [-0.3, -0.25) is 4.79 Å². The van der Waals surface area contributed by atoms with E-state index in [4.69, 9.17) is 9.84 Å². The van der Waals surface area contributed by atoms with Gasteiger partial charge in [-0.05, 0) is 25.3 Å². The van der Waals surface area contributed by atoms with E-state index in [2.05, 4.69) is 0 Å². The van der Waals surface area contributed by atoms with E-state index >= 15 is 0 Å². The summed E-state index contributed by atoms with van der Waals surface area (Å²) < 4.78 is 6.70. The molecule has 5 nitrogen and oxygen atoms in total. The number of carboxylic acids is 1. The lowest BCUT2D eigenvalue weighted by molar-refractivity contribution is -0.143. The maximum absolute atomic E-state index is 11.3. The van der Waals surface area contributed by atoms with Crippen LogP contribution in [0.15, 0.2) is 12.3 Å². The minimum absolute atomic E-state index is 0.257. The van der Waals surface area contributed by atoms with E-state index in [1.54, 1.807) is 19.2 Å². The van der Waals surface area contributed by atoms with Crippen LogP contribution >= 0.6 is 0 Å². The average Bonchev–Trinajstić information content (AvgIpc) is 2.69. The molecule has 0 atom stereocenters. The molecule has 1 rings (SSSR count). The van der Waals surface area contributed by atoms with Crippen LogP contribution < -0.4 is 0 Å². The summed E-state index contributed by atoms with van der Waals surface area (Å²) in [5, 5.41) is 9.15. The van der Waals surface area contributed by atoms with E-state index in [1.807, 2.05) is 18.4 Å². The summed E-state index contributed by atoms with van der Waals surface area (Å²) in [6.45, 7) is 6.65. The van der Waals surface area contributed by atoms with Crippen molar-refractivity contribution in [1.82, 2.24) is 4.57 Å². The first-order valence-corrected chi connectivity index (χ1v) is 6.52. The van der Waals surface area contributed by atoms with Crippen molar-refractivity contribution in [2.45, 2.75) is 40.2 Å². The van der Waals surface area contributed by atoms with Crippen LogP contribution in [0, 0.1) is 5.92 Å². The molecule has 0 aliphatic carbocycles. The van der Waals surface area contributed by atoms with E-state index in [9.17, 15) is 9.59 Å². The lowest BCUT2D eigenvalue weighted by Crippen LogP contribution is -2.13. The van der Waals surface area contributed by atoms with E-state index < -0.39 is 5.97 Å². The third kappa shape index (κ3) is 4.43. The van der Waals surface area contributed by atoms with Crippen LogP contribution in [0.1, 0.15) is 43.2 Å². The first-order chi connectivity index (χ1) is 8.95. The molecule has 0 unspecified atom stereocenters. The molecule has 0 fully saturated rings. The number of aryl methyl sites for hydroxylation is 1. The average molecular weight is 267 g/mol. The number of hydrogen-bond donors (Lipinski definition) is 1. The zero-order valence-corrected chi connectivity index (χ0v) is 11.7. The molecule has 1 heterocycles. The van der Waals surface area contributed by atoms with Gasteiger partial charge >= 0.3 is 11.9 Å². The topological polar surface area (TPSA) is 68.5 Å². The number of rotatable bonds is 7. The summed E-state index contributed by atoms with van der Waals surface area (Å²) in [6.07, 6.45) is 2.66. The Morgan fingerprint density at radius 1 is 1.42 bits per heavy atom. The summed E-state index contributed by atoms with van der Waals surface area (Å²) in [7, 11) is 0. The summed E-state index contributed by atoms with van der Waals surface area (Å²) >= 11 is 0. The van der Waals surface area contributed by atoms with Crippen molar-refractivity contribution in [2.24, 2.45) is 5.92 Å². The van der Waals surface area contributed by atoms with Gasteiger partial charge in [-0.15, -0.1) is 0 Å². The van der Waals surface area contributed by atoms with E-state index in [0.717, 1.165) is 5.69 Å². The second kappa shape index (κ2) is 6.97. The Morgan fingerprint density at radius 2 is 2.11 bits per heavy atom. The zero-order chi connectivity index (χ0) is 14.4. The summed E-state index contributed by atoms with van der Waals surface area (Å²) in [6, 6.07) is 1.59. The Labute approximate surface area is 113 Å². The molecule has 0 bridgehead atoms. The quantitative estimate of drug-likeness (QED) is 0.770. The van der Waals surface area contributed by atoms with Gasteiger partial charge < -0.3 is 14.4 Å². The maximum Gasteiger partial charge on any atom is 0.337 e. The molecule has 0 aromatic carbocycles. The third-order valence-corrected chi connectivity index (χ3v) is 2.77. The monoisotopic (exact) mass is 267 g/mol. The first-order valence-electron chi connectivity index (χ1n) is 6.52. The highest BCUT2D eigenvalue weighted by Gasteiger charge is 2.16. The number of aromatic carboxylic acids is 1. The van der Waals surface area contributed by atoms with Gasteiger partial charge in [-0.1, -0.05) is 13.8 Å². The highest BCUT2D eigenvalue weighted by molar-refractivity contribution is 5.89. The Balaban J connectivity index is 2.82. The SMILES string of the molecule is CCOC(=O)CCn1ccc(C(=O)O)c1CC(C)C. The maximum atomic E-state index is 11.3. The van der Waals surface area contributed by atoms with Gasteiger partial charge in [0.15, 0.2) is 0 Å². The second-order valence-corrected chi connectivity index (χ2v) is 4.83.